The highest BCUT2D eigenvalue weighted by Crippen LogP contribution is 2.22. The molecular formula is C16H20N2O4. The fourth-order valence-electron chi connectivity index (χ4n) is 2.58. The molecule has 0 radical (unpaired) electrons. The SMILES string of the molecule is C[C@H](OC(=O)Cc1ccc2c(c1)CCCC2)C(=O)NC(N)=O. The molecule has 0 unspecified atom stereocenters. The average Bonchev–Trinajstić information content (AvgIpc) is 2.46. The van der Waals surface area contributed by atoms with Gasteiger partial charge in [-0.15, -0.1) is 0 Å². The van der Waals surface area contributed by atoms with E-state index < -0.39 is 24.0 Å². The molecular weight excluding hydrogens is 284 g/mol. The minimum absolute atomic E-state index is 0.0987. The van der Waals surface area contributed by atoms with Gasteiger partial charge in [0.15, 0.2) is 6.10 Å². The third kappa shape index (κ3) is 4.31. The van der Waals surface area contributed by atoms with Crippen molar-refractivity contribution in [1.82, 2.24) is 5.32 Å². The van der Waals surface area contributed by atoms with Gasteiger partial charge in [0.2, 0.25) is 0 Å². The van der Waals surface area contributed by atoms with Crippen molar-refractivity contribution in [3.8, 4) is 0 Å². The van der Waals surface area contributed by atoms with E-state index >= 15 is 0 Å². The van der Waals surface area contributed by atoms with Gasteiger partial charge in [0.1, 0.15) is 0 Å². The molecule has 6 heteroatoms. The first kappa shape index (κ1) is 16.0. The lowest BCUT2D eigenvalue weighted by atomic mass is 9.90. The van der Waals surface area contributed by atoms with Gasteiger partial charge >= 0.3 is 12.0 Å². The summed E-state index contributed by atoms with van der Waals surface area (Å²) >= 11 is 0. The lowest BCUT2D eigenvalue weighted by molar-refractivity contribution is -0.153. The summed E-state index contributed by atoms with van der Waals surface area (Å²) in [6, 6.07) is 5.03. The largest absolute Gasteiger partial charge is 0.452 e. The van der Waals surface area contributed by atoms with Crippen molar-refractivity contribution in [1.29, 1.82) is 0 Å². The molecule has 1 aromatic carbocycles. The fourth-order valence-corrected chi connectivity index (χ4v) is 2.58. The van der Waals surface area contributed by atoms with E-state index in [-0.39, 0.29) is 6.42 Å². The third-order valence-corrected chi connectivity index (χ3v) is 3.69. The first-order chi connectivity index (χ1) is 10.5. The summed E-state index contributed by atoms with van der Waals surface area (Å²) in [6.45, 7) is 1.39. The number of amides is 3. The van der Waals surface area contributed by atoms with Gasteiger partial charge in [-0.3, -0.25) is 14.9 Å². The number of nitrogens with two attached hydrogens (primary N) is 1. The molecule has 1 aliphatic carbocycles. The first-order valence-corrected chi connectivity index (χ1v) is 7.36. The molecule has 0 heterocycles. The van der Waals surface area contributed by atoms with Gasteiger partial charge in [0.25, 0.3) is 5.91 Å². The Morgan fingerprint density at radius 3 is 2.59 bits per heavy atom. The quantitative estimate of drug-likeness (QED) is 0.817. The molecule has 0 spiro atoms. The molecule has 0 saturated heterocycles. The number of hydrogen-bond donors (Lipinski definition) is 2. The highest BCUT2D eigenvalue weighted by molar-refractivity contribution is 5.96. The van der Waals surface area contributed by atoms with Crippen LogP contribution in [0.15, 0.2) is 18.2 Å². The molecule has 22 heavy (non-hydrogen) atoms. The molecule has 0 aliphatic heterocycles. The van der Waals surface area contributed by atoms with E-state index in [0.717, 1.165) is 18.4 Å². The lowest BCUT2D eigenvalue weighted by Gasteiger charge is -2.17. The van der Waals surface area contributed by atoms with E-state index in [4.69, 9.17) is 10.5 Å². The molecule has 0 bridgehead atoms. The number of primary amides is 1. The number of nitrogens with one attached hydrogen (secondary N) is 1. The molecule has 2 rings (SSSR count). The second-order valence-electron chi connectivity index (χ2n) is 5.47. The van der Waals surface area contributed by atoms with Crippen molar-refractivity contribution in [2.24, 2.45) is 5.73 Å². The fraction of sp³-hybridized carbons (Fsp3) is 0.438. The second kappa shape index (κ2) is 7.06. The van der Waals surface area contributed by atoms with Crippen LogP contribution in [-0.2, 0) is 33.6 Å². The maximum atomic E-state index is 11.9. The zero-order valence-electron chi connectivity index (χ0n) is 12.6. The summed E-state index contributed by atoms with van der Waals surface area (Å²) in [5.41, 5.74) is 8.34. The Morgan fingerprint density at radius 2 is 1.91 bits per heavy atom. The average molecular weight is 304 g/mol. The molecule has 0 fully saturated rings. The zero-order valence-corrected chi connectivity index (χ0v) is 12.6. The number of aryl methyl sites for hydroxylation is 2. The predicted octanol–water partition coefficient (Wildman–Crippen LogP) is 1.23. The predicted molar refractivity (Wildman–Crippen MR) is 80.1 cm³/mol. The Balaban J connectivity index is 1.91. The van der Waals surface area contributed by atoms with Gasteiger partial charge in [0, 0.05) is 0 Å². The number of hydrogen-bond acceptors (Lipinski definition) is 4. The highest BCUT2D eigenvalue weighted by atomic mass is 16.5. The highest BCUT2D eigenvalue weighted by Gasteiger charge is 2.19. The Labute approximate surface area is 129 Å². The van der Waals surface area contributed by atoms with Gasteiger partial charge in [-0.1, -0.05) is 18.2 Å². The molecule has 6 nitrogen and oxygen atoms in total. The van der Waals surface area contributed by atoms with E-state index in [1.54, 1.807) is 0 Å². The lowest BCUT2D eigenvalue weighted by Crippen LogP contribution is -2.42. The summed E-state index contributed by atoms with van der Waals surface area (Å²) in [6.07, 6.45) is 3.55. The van der Waals surface area contributed by atoms with E-state index in [1.807, 2.05) is 17.4 Å². The van der Waals surface area contributed by atoms with E-state index in [2.05, 4.69) is 6.07 Å². The Hall–Kier alpha value is -2.37. The summed E-state index contributed by atoms with van der Waals surface area (Å²) in [7, 11) is 0. The van der Waals surface area contributed by atoms with Crippen molar-refractivity contribution < 1.29 is 19.1 Å². The maximum absolute atomic E-state index is 11.9. The van der Waals surface area contributed by atoms with Gasteiger partial charge in [-0.05, 0) is 49.3 Å². The van der Waals surface area contributed by atoms with Crippen molar-refractivity contribution in [3.63, 3.8) is 0 Å². The van der Waals surface area contributed by atoms with E-state index in [0.29, 0.717) is 0 Å². The number of carbonyl (C=O) groups excluding carboxylic acids is 3. The van der Waals surface area contributed by atoms with Crippen LogP contribution in [0.1, 0.15) is 36.5 Å². The number of benzene rings is 1. The van der Waals surface area contributed by atoms with Crippen molar-refractivity contribution in [2.45, 2.75) is 45.1 Å². The Bertz CT molecular complexity index is 598. The van der Waals surface area contributed by atoms with Gasteiger partial charge in [0.05, 0.1) is 6.42 Å². The minimum atomic E-state index is -1.06. The first-order valence-electron chi connectivity index (χ1n) is 7.36. The van der Waals surface area contributed by atoms with Crippen molar-refractivity contribution in [3.05, 3.63) is 34.9 Å². The Morgan fingerprint density at radius 1 is 1.23 bits per heavy atom. The number of urea groups is 1. The number of rotatable bonds is 4. The number of ether oxygens (including phenoxy) is 1. The molecule has 1 aromatic rings. The van der Waals surface area contributed by atoms with Crippen LogP contribution < -0.4 is 11.1 Å². The molecule has 1 atom stereocenters. The number of carbonyl (C=O) groups is 3. The van der Waals surface area contributed by atoms with Crippen LogP contribution in [0, 0.1) is 0 Å². The van der Waals surface area contributed by atoms with Crippen LogP contribution in [0.25, 0.3) is 0 Å². The number of fused-ring (bicyclic) bond motifs is 1. The van der Waals surface area contributed by atoms with Crippen LogP contribution in [0.5, 0.6) is 0 Å². The smallest absolute Gasteiger partial charge is 0.318 e. The van der Waals surface area contributed by atoms with Gasteiger partial charge in [-0.25, -0.2) is 4.79 Å². The van der Waals surface area contributed by atoms with Crippen LogP contribution >= 0.6 is 0 Å². The molecule has 118 valence electrons. The Kier molecular flexibility index (Phi) is 5.14. The normalized spacial score (nSPS) is 14.6. The van der Waals surface area contributed by atoms with Crippen LogP contribution in [-0.4, -0.2) is 24.0 Å². The zero-order chi connectivity index (χ0) is 16.1. The summed E-state index contributed by atoms with van der Waals surface area (Å²) in [4.78, 5) is 33.9. The minimum Gasteiger partial charge on any atom is -0.452 e. The molecule has 3 N–H and O–H groups in total. The monoisotopic (exact) mass is 304 g/mol. The molecule has 1 aliphatic rings. The summed E-state index contributed by atoms with van der Waals surface area (Å²) in [5.74, 6) is -1.24. The summed E-state index contributed by atoms with van der Waals surface area (Å²) < 4.78 is 5.00. The van der Waals surface area contributed by atoms with Crippen molar-refractivity contribution >= 4 is 17.9 Å². The topological polar surface area (TPSA) is 98.5 Å². The van der Waals surface area contributed by atoms with Gasteiger partial charge < -0.3 is 10.5 Å². The van der Waals surface area contributed by atoms with Crippen LogP contribution in [0.2, 0.25) is 0 Å². The summed E-state index contributed by atoms with van der Waals surface area (Å²) in [5, 5.41) is 1.88. The number of imide groups is 1. The van der Waals surface area contributed by atoms with Crippen molar-refractivity contribution in [2.75, 3.05) is 0 Å². The standard InChI is InChI=1S/C16H20N2O4/c1-10(15(20)18-16(17)21)22-14(19)9-11-6-7-12-4-2-3-5-13(12)8-11/h6-8,10H,2-5,9H2,1H3,(H3,17,18,20,21)/t10-/m0/s1. The van der Waals surface area contributed by atoms with Gasteiger partial charge in [-0.2, -0.15) is 0 Å². The van der Waals surface area contributed by atoms with Crippen LogP contribution in [0.4, 0.5) is 4.79 Å². The van der Waals surface area contributed by atoms with Crippen LogP contribution in [0.3, 0.4) is 0 Å². The molecule has 3 amide bonds. The molecule has 0 saturated carbocycles. The van der Waals surface area contributed by atoms with E-state index in [9.17, 15) is 14.4 Å². The molecule has 0 aromatic heterocycles. The second-order valence-corrected chi connectivity index (χ2v) is 5.47. The number of esters is 1. The third-order valence-electron chi connectivity index (χ3n) is 3.69. The maximum Gasteiger partial charge on any atom is 0.318 e. The van der Waals surface area contributed by atoms with E-state index in [1.165, 1.54) is 30.9 Å².